The van der Waals surface area contributed by atoms with Crippen LogP contribution in [-0.2, 0) is 29.5 Å². The van der Waals surface area contributed by atoms with Crippen LogP contribution in [0, 0.1) is 0 Å². The van der Waals surface area contributed by atoms with Gasteiger partial charge in [-0.3, -0.25) is 0 Å². The maximum absolute atomic E-state index is 13.3. The highest BCUT2D eigenvalue weighted by Gasteiger charge is 2.33. The third-order valence-corrected chi connectivity index (χ3v) is 7.43. The molecule has 0 radical (unpaired) electrons. The molecule has 3 N–H and O–H groups in total. The summed E-state index contributed by atoms with van der Waals surface area (Å²) in [4.78, 5) is 11.5. The van der Waals surface area contributed by atoms with Gasteiger partial charge in [0.05, 0.1) is 11.5 Å². The van der Waals surface area contributed by atoms with Gasteiger partial charge in [-0.1, -0.05) is 36.7 Å². The molecule has 2 aromatic carbocycles. The Morgan fingerprint density at radius 2 is 2.10 bits per heavy atom. The van der Waals surface area contributed by atoms with E-state index in [1.807, 2.05) is 19.1 Å². The molecule has 2 atom stereocenters. The third-order valence-electron chi connectivity index (χ3n) is 5.66. The van der Waals surface area contributed by atoms with E-state index in [2.05, 4.69) is 21.0 Å². The molecule has 31 heavy (non-hydrogen) atoms. The quantitative estimate of drug-likeness (QED) is 0.494. The Bertz CT molecular complexity index is 1270. The number of benzene rings is 2. The predicted octanol–water partition coefficient (Wildman–Crippen LogP) is 2.82. The minimum atomic E-state index is -4.11. The van der Waals surface area contributed by atoms with Crippen molar-refractivity contribution in [3.63, 3.8) is 0 Å². The molecule has 1 aliphatic carbocycles. The molecule has 1 heterocycles. The molecule has 1 aromatic heterocycles. The standard InChI is InChI=1S/C21H22ClN3O5S/c1-12(16-6-2-4-13-5-3-7-17(13)16)19(20-23-24-21(27)30-20)25-31(28,29)18-9-8-15(22)10-14(18)11-26/h2,4,6,8-10,12,19,25-26H,3,5,7,11H2,1H3,(H,24,27)/t12-,19+/m1/s1. The molecule has 0 bridgehead atoms. The van der Waals surface area contributed by atoms with Crippen LogP contribution < -0.4 is 10.5 Å². The van der Waals surface area contributed by atoms with Crippen LogP contribution in [-0.4, -0.2) is 23.7 Å². The Morgan fingerprint density at radius 3 is 2.81 bits per heavy atom. The van der Waals surface area contributed by atoms with Gasteiger partial charge in [0.25, 0.3) is 0 Å². The average molecular weight is 464 g/mol. The molecular formula is C21H22ClN3O5S. The van der Waals surface area contributed by atoms with Gasteiger partial charge in [-0.15, -0.1) is 5.10 Å². The van der Waals surface area contributed by atoms with E-state index < -0.39 is 28.4 Å². The molecular weight excluding hydrogens is 442 g/mol. The zero-order valence-electron chi connectivity index (χ0n) is 16.8. The zero-order valence-corrected chi connectivity index (χ0v) is 18.3. The van der Waals surface area contributed by atoms with Crippen molar-refractivity contribution in [2.75, 3.05) is 0 Å². The van der Waals surface area contributed by atoms with Crippen LogP contribution in [0.1, 0.15) is 53.4 Å². The number of aryl methyl sites for hydroxylation is 1. The SMILES string of the molecule is C[C@H](c1cccc2c1CCC2)[C@H](NS(=O)(=O)c1ccc(Cl)cc1CO)c1n[nH]c(=O)o1. The minimum absolute atomic E-state index is 0.0591. The van der Waals surface area contributed by atoms with Gasteiger partial charge in [-0.25, -0.2) is 18.3 Å². The molecule has 0 saturated heterocycles. The fraction of sp³-hybridized carbons (Fsp3) is 0.333. The van der Waals surface area contributed by atoms with Gasteiger partial charge in [-0.05, 0) is 59.7 Å². The number of hydrogen-bond acceptors (Lipinski definition) is 6. The van der Waals surface area contributed by atoms with Gasteiger partial charge in [0.1, 0.15) is 6.04 Å². The molecule has 0 amide bonds. The highest BCUT2D eigenvalue weighted by molar-refractivity contribution is 7.89. The van der Waals surface area contributed by atoms with E-state index in [9.17, 15) is 18.3 Å². The predicted molar refractivity (Wildman–Crippen MR) is 114 cm³/mol. The first-order chi connectivity index (χ1) is 14.8. The van der Waals surface area contributed by atoms with Gasteiger partial charge < -0.3 is 9.52 Å². The van der Waals surface area contributed by atoms with E-state index in [-0.39, 0.29) is 22.3 Å². The number of H-pyrrole nitrogens is 1. The molecule has 164 valence electrons. The number of hydrogen-bond donors (Lipinski definition) is 3. The Kier molecular flexibility index (Phi) is 6.02. The fourth-order valence-electron chi connectivity index (χ4n) is 4.16. The highest BCUT2D eigenvalue weighted by atomic mass is 35.5. The first-order valence-corrected chi connectivity index (χ1v) is 11.7. The maximum Gasteiger partial charge on any atom is 0.434 e. The maximum atomic E-state index is 13.3. The van der Waals surface area contributed by atoms with Gasteiger partial charge in [0.15, 0.2) is 0 Å². The largest absolute Gasteiger partial charge is 0.434 e. The van der Waals surface area contributed by atoms with E-state index in [0.29, 0.717) is 5.02 Å². The van der Waals surface area contributed by atoms with Crippen LogP contribution in [0.15, 0.2) is 50.5 Å². The first kappa shape index (κ1) is 21.8. The average Bonchev–Trinajstić information content (AvgIpc) is 3.39. The lowest BCUT2D eigenvalue weighted by Crippen LogP contribution is -2.33. The normalized spacial score (nSPS) is 15.6. The van der Waals surface area contributed by atoms with Crippen molar-refractivity contribution < 1.29 is 17.9 Å². The van der Waals surface area contributed by atoms with Crippen molar-refractivity contribution in [3.8, 4) is 0 Å². The van der Waals surface area contributed by atoms with Crippen molar-refractivity contribution in [2.24, 2.45) is 0 Å². The summed E-state index contributed by atoms with van der Waals surface area (Å²) in [7, 11) is -4.11. The van der Waals surface area contributed by atoms with Crippen LogP contribution >= 0.6 is 11.6 Å². The van der Waals surface area contributed by atoms with Gasteiger partial charge in [0.2, 0.25) is 15.9 Å². The Morgan fingerprint density at radius 1 is 1.29 bits per heavy atom. The second-order valence-electron chi connectivity index (χ2n) is 7.59. The van der Waals surface area contributed by atoms with E-state index in [1.54, 1.807) is 0 Å². The number of aromatic amines is 1. The van der Waals surface area contributed by atoms with Crippen molar-refractivity contribution in [1.82, 2.24) is 14.9 Å². The smallest absolute Gasteiger partial charge is 0.392 e. The van der Waals surface area contributed by atoms with Crippen LogP contribution in [0.25, 0.3) is 0 Å². The van der Waals surface area contributed by atoms with E-state index >= 15 is 0 Å². The number of fused-ring (bicyclic) bond motifs is 1. The molecule has 0 spiro atoms. The topological polar surface area (TPSA) is 125 Å². The lowest BCUT2D eigenvalue weighted by molar-refractivity contribution is 0.278. The minimum Gasteiger partial charge on any atom is -0.392 e. The Balaban J connectivity index is 1.77. The van der Waals surface area contributed by atoms with Crippen molar-refractivity contribution >= 4 is 21.6 Å². The monoisotopic (exact) mass is 463 g/mol. The summed E-state index contributed by atoms with van der Waals surface area (Å²) < 4.78 is 34.3. The molecule has 4 rings (SSSR count). The summed E-state index contributed by atoms with van der Waals surface area (Å²) in [5.41, 5.74) is 3.58. The first-order valence-electron chi connectivity index (χ1n) is 9.88. The highest BCUT2D eigenvalue weighted by Crippen LogP contribution is 2.37. The number of nitrogens with one attached hydrogen (secondary N) is 2. The van der Waals surface area contributed by atoms with Crippen molar-refractivity contribution in [1.29, 1.82) is 0 Å². The third kappa shape index (κ3) is 4.31. The van der Waals surface area contributed by atoms with Crippen LogP contribution in [0.5, 0.6) is 0 Å². The number of aromatic nitrogens is 2. The van der Waals surface area contributed by atoms with E-state index in [4.69, 9.17) is 16.0 Å². The van der Waals surface area contributed by atoms with Crippen LogP contribution in [0.2, 0.25) is 5.02 Å². The second kappa shape index (κ2) is 8.58. The second-order valence-corrected chi connectivity index (χ2v) is 9.71. The lowest BCUT2D eigenvalue weighted by Gasteiger charge is -2.25. The summed E-state index contributed by atoms with van der Waals surface area (Å²) in [6.07, 6.45) is 2.93. The number of aliphatic hydroxyl groups is 1. The number of sulfonamides is 1. The molecule has 0 aliphatic heterocycles. The Labute approximate surface area is 184 Å². The molecule has 1 aliphatic rings. The summed E-state index contributed by atoms with van der Waals surface area (Å²) in [5.74, 6) is -1.21. The molecule has 3 aromatic rings. The fourth-order valence-corrected chi connectivity index (χ4v) is 5.84. The van der Waals surface area contributed by atoms with E-state index in [0.717, 1.165) is 24.8 Å². The molecule has 0 unspecified atom stereocenters. The van der Waals surface area contributed by atoms with Gasteiger partial charge in [0, 0.05) is 10.9 Å². The van der Waals surface area contributed by atoms with E-state index in [1.165, 1.54) is 29.3 Å². The molecule has 0 fully saturated rings. The van der Waals surface area contributed by atoms with Gasteiger partial charge >= 0.3 is 5.76 Å². The zero-order chi connectivity index (χ0) is 22.2. The van der Waals surface area contributed by atoms with Gasteiger partial charge in [-0.2, -0.15) is 4.72 Å². The van der Waals surface area contributed by atoms with Crippen molar-refractivity contribution in [3.05, 3.63) is 80.1 Å². The summed E-state index contributed by atoms with van der Waals surface area (Å²) in [6.45, 7) is 1.37. The molecule has 0 saturated carbocycles. The number of halogens is 1. The lowest BCUT2D eigenvalue weighted by atomic mass is 9.88. The number of rotatable bonds is 7. The summed E-state index contributed by atoms with van der Waals surface area (Å²) >= 11 is 5.94. The molecule has 10 heteroatoms. The molecule has 8 nitrogen and oxygen atoms in total. The number of nitrogens with zero attached hydrogens (tertiary/aromatic N) is 1. The Hall–Kier alpha value is -2.46. The van der Waals surface area contributed by atoms with Crippen LogP contribution in [0.3, 0.4) is 0 Å². The van der Waals surface area contributed by atoms with Crippen LogP contribution in [0.4, 0.5) is 0 Å². The summed E-state index contributed by atoms with van der Waals surface area (Å²) in [6, 6.07) is 9.21. The number of aliphatic hydroxyl groups excluding tert-OH is 1. The summed E-state index contributed by atoms with van der Waals surface area (Å²) in [5, 5.41) is 16.0. The van der Waals surface area contributed by atoms with Crippen molar-refractivity contribution in [2.45, 2.75) is 49.6 Å².